The Morgan fingerprint density at radius 2 is 1.60 bits per heavy atom. The van der Waals surface area contributed by atoms with Crippen molar-refractivity contribution in [2.24, 2.45) is 7.05 Å². The van der Waals surface area contributed by atoms with Crippen molar-refractivity contribution in [3.63, 3.8) is 0 Å². The molecule has 2 rings (SSSR count). The summed E-state index contributed by atoms with van der Waals surface area (Å²) in [6.07, 6.45) is 0. The van der Waals surface area contributed by atoms with Gasteiger partial charge in [-0.15, -0.1) is 0 Å². The van der Waals surface area contributed by atoms with E-state index in [1.54, 1.807) is 18.7 Å². The summed E-state index contributed by atoms with van der Waals surface area (Å²) < 4.78 is 1.59. The third-order valence-corrected chi connectivity index (χ3v) is 2.44. The topological polar surface area (TPSA) is 60.7 Å². The molecular formula is C10H12N4O. The van der Waals surface area contributed by atoms with Crippen molar-refractivity contribution in [3.8, 4) is 0 Å². The van der Waals surface area contributed by atoms with Gasteiger partial charge in [-0.25, -0.2) is 14.6 Å². The molecule has 0 N–H and O–H groups in total. The number of fused-ring (bicyclic) bond motifs is 1. The van der Waals surface area contributed by atoms with E-state index in [1.807, 2.05) is 13.8 Å². The minimum absolute atomic E-state index is 0.140. The monoisotopic (exact) mass is 204 g/mol. The molecule has 0 amide bonds. The average molecular weight is 204 g/mol. The van der Waals surface area contributed by atoms with E-state index < -0.39 is 0 Å². The zero-order valence-corrected chi connectivity index (χ0v) is 9.20. The second-order valence-corrected chi connectivity index (χ2v) is 3.60. The van der Waals surface area contributed by atoms with E-state index in [1.165, 1.54) is 0 Å². The normalized spacial score (nSPS) is 10.9. The molecule has 0 aliphatic carbocycles. The van der Waals surface area contributed by atoms with E-state index in [4.69, 9.17) is 0 Å². The fourth-order valence-electron chi connectivity index (χ4n) is 1.46. The largest absolute Gasteiger partial charge is 0.285 e. The standard InChI is InChI=1S/C10H12N4O/c1-5-6(2)12-10-8(11-5)9(15)7(3)13-14(10)4/h1-4H3. The van der Waals surface area contributed by atoms with Gasteiger partial charge in [0.1, 0.15) is 5.69 Å². The Balaban J connectivity index is 3.04. The van der Waals surface area contributed by atoms with Gasteiger partial charge in [0.15, 0.2) is 11.2 Å². The van der Waals surface area contributed by atoms with E-state index in [0.29, 0.717) is 16.9 Å². The first kappa shape index (κ1) is 9.76. The van der Waals surface area contributed by atoms with Crippen LogP contribution in [0, 0.1) is 20.8 Å². The Hall–Kier alpha value is -1.78. The molecule has 0 saturated heterocycles. The number of hydrogen-bond donors (Lipinski definition) is 0. The van der Waals surface area contributed by atoms with Crippen LogP contribution in [0.3, 0.4) is 0 Å². The van der Waals surface area contributed by atoms with Crippen molar-refractivity contribution < 1.29 is 0 Å². The fraction of sp³-hybridized carbons (Fsp3) is 0.400. The first-order valence-corrected chi connectivity index (χ1v) is 4.69. The van der Waals surface area contributed by atoms with Crippen LogP contribution in [0.5, 0.6) is 0 Å². The molecule has 2 heterocycles. The van der Waals surface area contributed by atoms with Gasteiger partial charge in [-0.2, -0.15) is 5.10 Å². The maximum absolute atomic E-state index is 11.8. The highest BCUT2D eigenvalue weighted by Crippen LogP contribution is 2.07. The summed E-state index contributed by atoms with van der Waals surface area (Å²) in [5.74, 6) is 0. The zero-order chi connectivity index (χ0) is 11.2. The van der Waals surface area contributed by atoms with Crippen molar-refractivity contribution in [1.82, 2.24) is 19.7 Å². The molecule has 78 valence electrons. The Kier molecular flexibility index (Phi) is 2.03. The lowest BCUT2D eigenvalue weighted by atomic mass is 10.3. The maximum atomic E-state index is 11.8. The SMILES string of the molecule is Cc1nc2c(=O)c(C)nn(C)c2nc1C. The van der Waals surface area contributed by atoms with Gasteiger partial charge >= 0.3 is 0 Å². The molecule has 0 radical (unpaired) electrons. The van der Waals surface area contributed by atoms with Crippen molar-refractivity contribution >= 4 is 11.2 Å². The first-order chi connectivity index (χ1) is 7.00. The second kappa shape index (κ2) is 3.12. The van der Waals surface area contributed by atoms with Gasteiger partial charge in [0, 0.05) is 7.05 Å². The van der Waals surface area contributed by atoms with Crippen LogP contribution in [0.4, 0.5) is 0 Å². The van der Waals surface area contributed by atoms with Crippen LogP contribution < -0.4 is 5.43 Å². The second-order valence-electron chi connectivity index (χ2n) is 3.60. The molecule has 0 unspecified atom stereocenters. The zero-order valence-electron chi connectivity index (χ0n) is 9.20. The van der Waals surface area contributed by atoms with Crippen LogP contribution in [0.1, 0.15) is 17.1 Å². The minimum Gasteiger partial charge on any atom is -0.285 e. The van der Waals surface area contributed by atoms with Crippen LogP contribution in [-0.2, 0) is 7.05 Å². The molecule has 5 heteroatoms. The van der Waals surface area contributed by atoms with E-state index in [0.717, 1.165) is 11.4 Å². The lowest BCUT2D eigenvalue weighted by molar-refractivity contribution is 0.737. The summed E-state index contributed by atoms with van der Waals surface area (Å²) in [4.78, 5) is 20.3. The Morgan fingerprint density at radius 3 is 2.27 bits per heavy atom. The molecular weight excluding hydrogens is 192 g/mol. The maximum Gasteiger partial charge on any atom is 0.230 e. The highest BCUT2D eigenvalue weighted by atomic mass is 16.1. The Bertz CT molecular complexity index is 600. The van der Waals surface area contributed by atoms with E-state index >= 15 is 0 Å². The highest BCUT2D eigenvalue weighted by molar-refractivity contribution is 5.70. The average Bonchev–Trinajstić information content (AvgIpc) is 2.18. The molecule has 5 nitrogen and oxygen atoms in total. The predicted molar refractivity (Wildman–Crippen MR) is 56.8 cm³/mol. The number of hydrogen-bond acceptors (Lipinski definition) is 4. The summed E-state index contributed by atoms with van der Waals surface area (Å²) in [7, 11) is 1.76. The van der Waals surface area contributed by atoms with Crippen LogP contribution >= 0.6 is 0 Å². The fourth-order valence-corrected chi connectivity index (χ4v) is 1.46. The van der Waals surface area contributed by atoms with Gasteiger partial charge in [0.05, 0.1) is 11.4 Å². The summed E-state index contributed by atoms with van der Waals surface area (Å²) in [6, 6.07) is 0. The summed E-state index contributed by atoms with van der Waals surface area (Å²) >= 11 is 0. The van der Waals surface area contributed by atoms with E-state index in [-0.39, 0.29) is 5.43 Å². The van der Waals surface area contributed by atoms with Crippen LogP contribution in [0.25, 0.3) is 11.2 Å². The number of aromatic nitrogens is 4. The Morgan fingerprint density at radius 1 is 1.00 bits per heavy atom. The van der Waals surface area contributed by atoms with Crippen molar-refractivity contribution in [2.75, 3.05) is 0 Å². The number of rotatable bonds is 0. The molecule has 0 fully saturated rings. The molecule has 2 aromatic heterocycles. The van der Waals surface area contributed by atoms with Crippen LogP contribution in [0.15, 0.2) is 4.79 Å². The quantitative estimate of drug-likeness (QED) is 0.632. The summed E-state index contributed by atoms with van der Waals surface area (Å²) in [5, 5.41) is 4.07. The first-order valence-electron chi connectivity index (χ1n) is 4.69. The summed E-state index contributed by atoms with van der Waals surface area (Å²) in [5.41, 5.74) is 2.84. The molecule has 0 bridgehead atoms. The van der Waals surface area contributed by atoms with Gasteiger partial charge < -0.3 is 0 Å². The smallest absolute Gasteiger partial charge is 0.230 e. The third-order valence-electron chi connectivity index (χ3n) is 2.44. The van der Waals surface area contributed by atoms with Gasteiger partial charge in [0.25, 0.3) is 0 Å². The van der Waals surface area contributed by atoms with Gasteiger partial charge in [-0.1, -0.05) is 0 Å². The number of nitrogens with zero attached hydrogens (tertiary/aromatic N) is 4. The van der Waals surface area contributed by atoms with Crippen molar-refractivity contribution in [1.29, 1.82) is 0 Å². The van der Waals surface area contributed by atoms with Gasteiger partial charge in [-0.05, 0) is 20.8 Å². The van der Waals surface area contributed by atoms with Gasteiger partial charge in [0.2, 0.25) is 5.43 Å². The predicted octanol–water partition coefficient (Wildman–Crippen LogP) is 0.649. The molecule has 0 aliphatic rings. The molecule has 0 aliphatic heterocycles. The lowest BCUT2D eigenvalue weighted by Crippen LogP contribution is -2.18. The molecule has 0 spiro atoms. The van der Waals surface area contributed by atoms with E-state index in [9.17, 15) is 4.79 Å². The van der Waals surface area contributed by atoms with E-state index in [2.05, 4.69) is 15.1 Å². The molecule has 2 aromatic rings. The van der Waals surface area contributed by atoms with Crippen molar-refractivity contribution in [2.45, 2.75) is 20.8 Å². The molecule has 0 atom stereocenters. The lowest BCUT2D eigenvalue weighted by Gasteiger charge is -2.06. The third kappa shape index (κ3) is 1.40. The highest BCUT2D eigenvalue weighted by Gasteiger charge is 2.10. The minimum atomic E-state index is -0.140. The van der Waals surface area contributed by atoms with Crippen LogP contribution in [0.2, 0.25) is 0 Å². The van der Waals surface area contributed by atoms with Gasteiger partial charge in [-0.3, -0.25) is 4.79 Å². The number of aryl methyl sites for hydroxylation is 4. The van der Waals surface area contributed by atoms with Crippen molar-refractivity contribution in [3.05, 3.63) is 27.3 Å². The Labute approximate surface area is 86.8 Å². The molecule has 15 heavy (non-hydrogen) atoms. The van der Waals surface area contributed by atoms with Crippen LogP contribution in [-0.4, -0.2) is 19.7 Å². The molecule has 0 aromatic carbocycles. The summed E-state index contributed by atoms with van der Waals surface area (Å²) in [6.45, 7) is 5.39. The molecule has 0 saturated carbocycles.